The molecule has 0 aromatic heterocycles. The van der Waals surface area contributed by atoms with Gasteiger partial charge in [0.15, 0.2) is 0 Å². The molecular formula is C11H14N2O. The predicted molar refractivity (Wildman–Crippen MR) is 55.0 cm³/mol. The largest absolute Gasteiger partial charge is 0.352 e. The van der Waals surface area contributed by atoms with Gasteiger partial charge in [0.1, 0.15) is 0 Å². The molecule has 0 saturated carbocycles. The van der Waals surface area contributed by atoms with E-state index in [1.807, 2.05) is 6.07 Å². The van der Waals surface area contributed by atoms with Crippen molar-refractivity contribution in [3.8, 4) is 0 Å². The molecule has 0 radical (unpaired) electrons. The number of rotatable bonds is 1. The molecule has 2 amide bonds. The fraction of sp³-hybridized carbons (Fsp3) is 0.364. The first-order valence-corrected chi connectivity index (χ1v) is 4.83. The Hall–Kier alpha value is -1.51. The van der Waals surface area contributed by atoms with Gasteiger partial charge in [-0.1, -0.05) is 18.2 Å². The number of carbonyl (C=O) groups excluding carboxylic acids is 1. The number of hydrogen-bond donors (Lipinski definition) is 2. The Balaban J connectivity index is 2.30. The van der Waals surface area contributed by atoms with Gasteiger partial charge in [0.05, 0.1) is 6.04 Å². The van der Waals surface area contributed by atoms with E-state index in [-0.39, 0.29) is 6.04 Å². The summed E-state index contributed by atoms with van der Waals surface area (Å²) in [7, 11) is 0. The average molecular weight is 190 g/mol. The van der Waals surface area contributed by atoms with Crippen molar-refractivity contribution in [2.24, 2.45) is 5.73 Å². The first-order chi connectivity index (χ1) is 6.68. The molecule has 3 heteroatoms. The SMILES string of the molecule is Cc1cccc2c1CC[C@@H]2NC(N)=O. The van der Waals surface area contributed by atoms with Gasteiger partial charge in [0.25, 0.3) is 0 Å². The van der Waals surface area contributed by atoms with Crippen molar-refractivity contribution in [2.75, 3.05) is 0 Å². The molecule has 1 aliphatic rings. The second-order valence-electron chi connectivity index (χ2n) is 3.74. The minimum atomic E-state index is -0.440. The second kappa shape index (κ2) is 3.33. The van der Waals surface area contributed by atoms with Crippen molar-refractivity contribution in [1.29, 1.82) is 0 Å². The fourth-order valence-corrected chi connectivity index (χ4v) is 2.16. The van der Waals surface area contributed by atoms with Gasteiger partial charge in [0.2, 0.25) is 0 Å². The molecule has 3 nitrogen and oxygen atoms in total. The van der Waals surface area contributed by atoms with Crippen molar-refractivity contribution in [1.82, 2.24) is 5.32 Å². The Labute approximate surface area is 83.3 Å². The van der Waals surface area contributed by atoms with E-state index in [0.717, 1.165) is 12.8 Å². The third-order valence-corrected chi connectivity index (χ3v) is 2.82. The Morgan fingerprint density at radius 2 is 2.36 bits per heavy atom. The third kappa shape index (κ3) is 1.45. The lowest BCUT2D eigenvalue weighted by atomic mass is 10.0. The molecule has 1 atom stereocenters. The van der Waals surface area contributed by atoms with Crippen LogP contribution in [0.15, 0.2) is 18.2 Å². The van der Waals surface area contributed by atoms with Gasteiger partial charge in [-0.05, 0) is 36.5 Å². The van der Waals surface area contributed by atoms with Gasteiger partial charge < -0.3 is 11.1 Å². The molecule has 0 unspecified atom stereocenters. The minimum Gasteiger partial charge on any atom is -0.352 e. The molecule has 1 aliphatic carbocycles. The Morgan fingerprint density at radius 1 is 1.57 bits per heavy atom. The van der Waals surface area contributed by atoms with Crippen molar-refractivity contribution in [3.05, 3.63) is 34.9 Å². The van der Waals surface area contributed by atoms with E-state index in [1.54, 1.807) is 0 Å². The fourth-order valence-electron chi connectivity index (χ4n) is 2.16. The summed E-state index contributed by atoms with van der Waals surface area (Å²) in [5.74, 6) is 0. The van der Waals surface area contributed by atoms with Crippen LogP contribution in [0.2, 0.25) is 0 Å². The summed E-state index contributed by atoms with van der Waals surface area (Å²) in [6.07, 6.45) is 2.00. The van der Waals surface area contributed by atoms with Crippen LogP contribution < -0.4 is 11.1 Å². The van der Waals surface area contributed by atoms with Crippen LogP contribution >= 0.6 is 0 Å². The summed E-state index contributed by atoms with van der Waals surface area (Å²) < 4.78 is 0. The number of hydrogen-bond acceptors (Lipinski definition) is 1. The van der Waals surface area contributed by atoms with Gasteiger partial charge in [0, 0.05) is 0 Å². The van der Waals surface area contributed by atoms with Crippen molar-refractivity contribution >= 4 is 6.03 Å². The maximum absolute atomic E-state index is 10.8. The Morgan fingerprint density at radius 3 is 3.07 bits per heavy atom. The molecule has 74 valence electrons. The first-order valence-electron chi connectivity index (χ1n) is 4.83. The molecule has 0 bridgehead atoms. The molecular weight excluding hydrogens is 176 g/mol. The number of benzene rings is 1. The standard InChI is InChI=1S/C11H14N2O/c1-7-3-2-4-9-8(7)5-6-10(9)13-11(12)14/h2-4,10H,5-6H2,1H3,(H3,12,13,14)/t10-/m0/s1. The molecule has 1 aromatic carbocycles. The first kappa shape index (κ1) is 9.06. The molecule has 14 heavy (non-hydrogen) atoms. The summed E-state index contributed by atoms with van der Waals surface area (Å²) in [4.78, 5) is 10.8. The van der Waals surface area contributed by atoms with E-state index >= 15 is 0 Å². The van der Waals surface area contributed by atoms with E-state index in [1.165, 1.54) is 16.7 Å². The van der Waals surface area contributed by atoms with E-state index in [9.17, 15) is 4.79 Å². The van der Waals surface area contributed by atoms with Crippen LogP contribution in [0.1, 0.15) is 29.2 Å². The molecule has 1 aromatic rings. The lowest BCUT2D eigenvalue weighted by Gasteiger charge is -2.12. The number of aryl methyl sites for hydroxylation is 1. The minimum absolute atomic E-state index is 0.113. The number of fused-ring (bicyclic) bond motifs is 1. The van der Waals surface area contributed by atoms with E-state index in [0.29, 0.717) is 0 Å². The van der Waals surface area contributed by atoms with Crippen LogP contribution in [0.4, 0.5) is 4.79 Å². The molecule has 0 aliphatic heterocycles. The number of amides is 2. The van der Waals surface area contributed by atoms with E-state index in [2.05, 4.69) is 24.4 Å². The van der Waals surface area contributed by atoms with Crippen molar-refractivity contribution < 1.29 is 4.79 Å². The smallest absolute Gasteiger partial charge is 0.312 e. The van der Waals surface area contributed by atoms with Crippen molar-refractivity contribution in [3.63, 3.8) is 0 Å². The van der Waals surface area contributed by atoms with Crippen LogP contribution in [0.5, 0.6) is 0 Å². The quantitative estimate of drug-likeness (QED) is 0.695. The van der Waals surface area contributed by atoms with Crippen LogP contribution in [0, 0.1) is 6.92 Å². The number of nitrogens with two attached hydrogens (primary N) is 1. The molecule has 3 N–H and O–H groups in total. The van der Waals surface area contributed by atoms with Gasteiger partial charge in [-0.15, -0.1) is 0 Å². The van der Waals surface area contributed by atoms with E-state index in [4.69, 9.17) is 5.73 Å². The highest BCUT2D eigenvalue weighted by Crippen LogP contribution is 2.32. The van der Waals surface area contributed by atoms with Crippen LogP contribution in [-0.4, -0.2) is 6.03 Å². The lowest BCUT2D eigenvalue weighted by Crippen LogP contribution is -2.32. The zero-order chi connectivity index (χ0) is 10.1. The Kier molecular flexibility index (Phi) is 2.15. The normalized spacial score (nSPS) is 19.1. The maximum Gasteiger partial charge on any atom is 0.312 e. The lowest BCUT2D eigenvalue weighted by molar-refractivity contribution is 0.245. The molecule has 2 rings (SSSR count). The molecule has 0 fully saturated rings. The van der Waals surface area contributed by atoms with Crippen LogP contribution in [0.3, 0.4) is 0 Å². The number of carbonyl (C=O) groups is 1. The number of primary amides is 1. The van der Waals surface area contributed by atoms with Gasteiger partial charge in [-0.25, -0.2) is 4.79 Å². The number of urea groups is 1. The summed E-state index contributed by atoms with van der Waals surface area (Å²) in [6, 6.07) is 5.86. The van der Waals surface area contributed by atoms with Gasteiger partial charge >= 0.3 is 6.03 Å². The zero-order valence-corrected chi connectivity index (χ0v) is 8.21. The van der Waals surface area contributed by atoms with Gasteiger partial charge in [-0.2, -0.15) is 0 Å². The summed E-state index contributed by atoms with van der Waals surface area (Å²) in [5.41, 5.74) is 9.01. The summed E-state index contributed by atoms with van der Waals surface area (Å²) in [5, 5.41) is 2.76. The molecule has 0 saturated heterocycles. The molecule has 0 heterocycles. The zero-order valence-electron chi connectivity index (χ0n) is 8.21. The maximum atomic E-state index is 10.8. The second-order valence-corrected chi connectivity index (χ2v) is 3.74. The highest BCUT2D eigenvalue weighted by Gasteiger charge is 2.23. The van der Waals surface area contributed by atoms with Crippen molar-refractivity contribution in [2.45, 2.75) is 25.8 Å². The summed E-state index contributed by atoms with van der Waals surface area (Å²) in [6.45, 7) is 2.10. The third-order valence-electron chi connectivity index (χ3n) is 2.82. The van der Waals surface area contributed by atoms with Crippen LogP contribution in [0.25, 0.3) is 0 Å². The van der Waals surface area contributed by atoms with Crippen LogP contribution in [-0.2, 0) is 6.42 Å². The average Bonchev–Trinajstić information content (AvgIpc) is 2.49. The molecule has 0 spiro atoms. The Bertz CT molecular complexity index is 374. The summed E-state index contributed by atoms with van der Waals surface area (Å²) >= 11 is 0. The predicted octanol–water partition coefficient (Wildman–Crippen LogP) is 1.65. The van der Waals surface area contributed by atoms with Gasteiger partial charge in [-0.3, -0.25) is 0 Å². The number of nitrogens with one attached hydrogen (secondary N) is 1. The monoisotopic (exact) mass is 190 g/mol. The topological polar surface area (TPSA) is 55.1 Å². The highest BCUT2D eigenvalue weighted by atomic mass is 16.2. The van der Waals surface area contributed by atoms with E-state index < -0.39 is 6.03 Å². The highest BCUT2D eigenvalue weighted by molar-refractivity contribution is 5.72.